The van der Waals surface area contributed by atoms with Gasteiger partial charge < -0.3 is 9.88 Å². The number of rotatable bonds is 7. The Morgan fingerprint density at radius 3 is 3.00 bits per heavy atom. The van der Waals surface area contributed by atoms with Crippen LogP contribution < -0.4 is 5.32 Å². The molecule has 0 bridgehead atoms. The van der Waals surface area contributed by atoms with E-state index in [1.807, 2.05) is 25.6 Å². The van der Waals surface area contributed by atoms with Gasteiger partial charge in [0.05, 0.1) is 12.0 Å². The fraction of sp³-hybridized carbons (Fsp3) is 0.583. The standard InChI is InChI=1S/C12H21N3/c1-4-6-7-11(14-8-5-2)12-9-13-10-15(12)3/h4,9-11,14H,1,5-8H2,2-3H3. The first-order chi connectivity index (χ1) is 7.29. The summed E-state index contributed by atoms with van der Waals surface area (Å²) in [6.07, 6.45) is 9.04. The van der Waals surface area contributed by atoms with Crippen molar-refractivity contribution in [2.75, 3.05) is 6.54 Å². The average Bonchev–Trinajstić information content (AvgIpc) is 2.65. The molecule has 1 heterocycles. The van der Waals surface area contributed by atoms with Gasteiger partial charge in [-0.3, -0.25) is 0 Å². The molecule has 1 N–H and O–H groups in total. The van der Waals surface area contributed by atoms with Crippen molar-refractivity contribution in [1.82, 2.24) is 14.9 Å². The third-order valence-electron chi connectivity index (χ3n) is 2.51. The number of aryl methyl sites for hydroxylation is 1. The zero-order valence-electron chi connectivity index (χ0n) is 9.74. The fourth-order valence-corrected chi connectivity index (χ4v) is 1.66. The minimum Gasteiger partial charge on any atom is -0.336 e. The Bertz CT molecular complexity index is 291. The molecule has 0 aliphatic heterocycles. The van der Waals surface area contributed by atoms with Crippen LogP contribution >= 0.6 is 0 Å². The molecule has 0 radical (unpaired) electrons. The summed E-state index contributed by atoms with van der Waals surface area (Å²) in [4.78, 5) is 4.16. The highest BCUT2D eigenvalue weighted by molar-refractivity contribution is 5.05. The maximum Gasteiger partial charge on any atom is 0.0946 e. The lowest BCUT2D eigenvalue weighted by Crippen LogP contribution is -2.23. The number of hydrogen-bond acceptors (Lipinski definition) is 2. The van der Waals surface area contributed by atoms with Crippen LogP contribution in [-0.2, 0) is 7.05 Å². The second-order valence-electron chi connectivity index (χ2n) is 3.80. The molecule has 3 heteroatoms. The lowest BCUT2D eigenvalue weighted by molar-refractivity contribution is 0.480. The van der Waals surface area contributed by atoms with E-state index in [-0.39, 0.29) is 0 Å². The van der Waals surface area contributed by atoms with Gasteiger partial charge in [0.1, 0.15) is 0 Å². The van der Waals surface area contributed by atoms with Gasteiger partial charge in [-0.15, -0.1) is 6.58 Å². The lowest BCUT2D eigenvalue weighted by Gasteiger charge is -2.18. The number of allylic oxidation sites excluding steroid dienone is 1. The third-order valence-corrected chi connectivity index (χ3v) is 2.51. The first-order valence-corrected chi connectivity index (χ1v) is 5.60. The van der Waals surface area contributed by atoms with Crippen LogP contribution in [0.1, 0.15) is 37.9 Å². The molecule has 0 aliphatic carbocycles. The molecule has 1 unspecified atom stereocenters. The van der Waals surface area contributed by atoms with Crippen molar-refractivity contribution in [2.45, 2.75) is 32.2 Å². The molecule has 0 saturated carbocycles. The van der Waals surface area contributed by atoms with Gasteiger partial charge in [0.2, 0.25) is 0 Å². The quantitative estimate of drug-likeness (QED) is 0.696. The van der Waals surface area contributed by atoms with E-state index in [1.54, 1.807) is 0 Å². The molecule has 1 aromatic rings. The highest BCUT2D eigenvalue weighted by Gasteiger charge is 2.12. The summed E-state index contributed by atoms with van der Waals surface area (Å²) >= 11 is 0. The van der Waals surface area contributed by atoms with Crippen LogP contribution in [0.15, 0.2) is 25.2 Å². The summed E-state index contributed by atoms with van der Waals surface area (Å²) in [5, 5.41) is 3.54. The Balaban J connectivity index is 2.62. The highest BCUT2D eigenvalue weighted by atomic mass is 15.1. The second kappa shape index (κ2) is 6.40. The van der Waals surface area contributed by atoms with Crippen LogP contribution in [-0.4, -0.2) is 16.1 Å². The SMILES string of the molecule is C=CCCC(NCCC)c1cncn1C. The summed E-state index contributed by atoms with van der Waals surface area (Å²) < 4.78 is 2.08. The molecule has 1 rings (SSSR count). The summed E-state index contributed by atoms with van der Waals surface area (Å²) in [7, 11) is 2.04. The zero-order valence-corrected chi connectivity index (χ0v) is 9.74. The first kappa shape index (κ1) is 12.0. The first-order valence-electron chi connectivity index (χ1n) is 5.60. The van der Waals surface area contributed by atoms with Crippen molar-refractivity contribution >= 4 is 0 Å². The van der Waals surface area contributed by atoms with Crippen LogP contribution in [0.5, 0.6) is 0 Å². The monoisotopic (exact) mass is 207 g/mol. The van der Waals surface area contributed by atoms with Crippen molar-refractivity contribution in [2.24, 2.45) is 7.05 Å². The van der Waals surface area contributed by atoms with Crippen molar-refractivity contribution in [3.8, 4) is 0 Å². The van der Waals surface area contributed by atoms with Crippen molar-refractivity contribution in [3.05, 3.63) is 30.9 Å². The summed E-state index contributed by atoms with van der Waals surface area (Å²) in [6.45, 7) is 7.00. The number of aromatic nitrogens is 2. The normalized spacial score (nSPS) is 12.7. The molecule has 1 atom stereocenters. The topological polar surface area (TPSA) is 29.9 Å². The molecule has 0 saturated heterocycles. The van der Waals surface area contributed by atoms with Crippen LogP contribution in [0.4, 0.5) is 0 Å². The molecule has 1 aromatic heterocycles. The molecule has 0 spiro atoms. The van der Waals surface area contributed by atoms with E-state index in [0.717, 1.165) is 25.8 Å². The van der Waals surface area contributed by atoms with E-state index < -0.39 is 0 Å². The van der Waals surface area contributed by atoms with Crippen LogP contribution in [0.3, 0.4) is 0 Å². The van der Waals surface area contributed by atoms with Crippen molar-refractivity contribution < 1.29 is 0 Å². The number of hydrogen-bond donors (Lipinski definition) is 1. The number of nitrogens with one attached hydrogen (secondary N) is 1. The molecule has 0 fully saturated rings. The molecule has 84 valence electrons. The summed E-state index contributed by atoms with van der Waals surface area (Å²) in [5.41, 5.74) is 1.25. The summed E-state index contributed by atoms with van der Waals surface area (Å²) in [6, 6.07) is 0.399. The minimum atomic E-state index is 0.399. The molecule has 0 amide bonds. The van der Waals surface area contributed by atoms with Crippen molar-refractivity contribution in [3.63, 3.8) is 0 Å². The van der Waals surface area contributed by atoms with E-state index >= 15 is 0 Å². The molecular weight excluding hydrogens is 186 g/mol. The van der Waals surface area contributed by atoms with E-state index in [4.69, 9.17) is 0 Å². The number of nitrogens with zero attached hydrogens (tertiary/aromatic N) is 2. The Morgan fingerprint density at radius 1 is 1.67 bits per heavy atom. The van der Waals surface area contributed by atoms with E-state index in [0.29, 0.717) is 6.04 Å². The Hall–Kier alpha value is -1.09. The smallest absolute Gasteiger partial charge is 0.0946 e. The van der Waals surface area contributed by atoms with Gasteiger partial charge in [-0.25, -0.2) is 4.98 Å². The molecular formula is C12H21N3. The molecule has 0 aromatic carbocycles. The molecule has 15 heavy (non-hydrogen) atoms. The predicted octanol–water partition coefficient (Wildman–Crippen LogP) is 2.43. The molecule has 3 nitrogen and oxygen atoms in total. The molecule has 0 aliphatic rings. The largest absolute Gasteiger partial charge is 0.336 e. The Morgan fingerprint density at radius 2 is 2.47 bits per heavy atom. The Kier molecular flexibility index (Phi) is 5.12. The van der Waals surface area contributed by atoms with Gasteiger partial charge in [0, 0.05) is 19.3 Å². The average molecular weight is 207 g/mol. The minimum absolute atomic E-state index is 0.399. The van der Waals surface area contributed by atoms with Crippen LogP contribution in [0.25, 0.3) is 0 Å². The summed E-state index contributed by atoms with van der Waals surface area (Å²) in [5.74, 6) is 0. The van der Waals surface area contributed by atoms with E-state index in [2.05, 4.69) is 28.4 Å². The highest BCUT2D eigenvalue weighted by Crippen LogP contribution is 2.17. The van der Waals surface area contributed by atoms with E-state index in [1.165, 1.54) is 5.69 Å². The fourth-order valence-electron chi connectivity index (χ4n) is 1.66. The van der Waals surface area contributed by atoms with Gasteiger partial charge in [-0.1, -0.05) is 13.0 Å². The van der Waals surface area contributed by atoms with Gasteiger partial charge in [-0.2, -0.15) is 0 Å². The predicted molar refractivity (Wildman–Crippen MR) is 63.7 cm³/mol. The zero-order chi connectivity index (χ0) is 11.1. The second-order valence-corrected chi connectivity index (χ2v) is 3.80. The lowest BCUT2D eigenvalue weighted by atomic mass is 10.1. The van der Waals surface area contributed by atoms with E-state index in [9.17, 15) is 0 Å². The maximum absolute atomic E-state index is 4.16. The Labute approximate surface area is 92.2 Å². The van der Waals surface area contributed by atoms with Gasteiger partial charge in [-0.05, 0) is 25.8 Å². The van der Waals surface area contributed by atoms with Crippen molar-refractivity contribution in [1.29, 1.82) is 0 Å². The van der Waals surface area contributed by atoms with Gasteiger partial charge in [0.25, 0.3) is 0 Å². The number of imidazole rings is 1. The maximum atomic E-state index is 4.16. The van der Waals surface area contributed by atoms with Gasteiger partial charge in [0.15, 0.2) is 0 Å². The van der Waals surface area contributed by atoms with Gasteiger partial charge >= 0.3 is 0 Å². The van der Waals surface area contributed by atoms with Crippen LogP contribution in [0.2, 0.25) is 0 Å². The van der Waals surface area contributed by atoms with Crippen LogP contribution in [0, 0.1) is 0 Å². The third kappa shape index (κ3) is 3.51.